The average molecular weight is 628 g/mol. The Morgan fingerprint density at radius 2 is 1.40 bits per heavy atom. The number of ether oxygens (including phenoxy) is 1. The number of benzene rings is 4. The molecule has 0 aliphatic carbocycles. The summed E-state index contributed by atoms with van der Waals surface area (Å²) in [5.74, 6) is -0.958. The van der Waals surface area contributed by atoms with Gasteiger partial charge in [-0.15, -0.1) is 0 Å². The number of imidazole rings is 1. The van der Waals surface area contributed by atoms with Crippen molar-refractivity contribution < 1.29 is 27.4 Å². The van der Waals surface area contributed by atoms with Gasteiger partial charge in [0, 0.05) is 12.7 Å². The van der Waals surface area contributed by atoms with E-state index in [4.69, 9.17) is 9.72 Å². The molecule has 232 valence electrons. The second-order valence-electron chi connectivity index (χ2n) is 10.7. The summed E-state index contributed by atoms with van der Waals surface area (Å²) in [5.41, 5.74) is 3.80. The number of sulfonamides is 1. The molecule has 2 N–H and O–H groups in total. The summed E-state index contributed by atoms with van der Waals surface area (Å²) >= 11 is 0. The van der Waals surface area contributed by atoms with E-state index in [2.05, 4.69) is 45.7 Å². The molecular formula is C35H34FN3O5S. The molecule has 1 aromatic heterocycles. The third kappa shape index (κ3) is 7.84. The molecule has 5 aromatic rings. The van der Waals surface area contributed by atoms with Crippen LogP contribution in [-0.4, -0.2) is 41.1 Å². The van der Waals surface area contributed by atoms with Crippen LogP contribution in [0.15, 0.2) is 128 Å². The minimum atomic E-state index is -3.89. The van der Waals surface area contributed by atoms with Crippen molar-refractivity contribution >= 4 is 16.2 Å². The highest BCUT2D eigenvalue weighted by molar-refractivity contribution is 7.89. The lowest BCUT2D eigenvalue weighted by Crippen LogP contribution is -2.36. The maximum Gasteiger partial charge on any atom is 0.506 e. The van der Waals surface area contributed by atoms with Crippen LogP contribution in [0.4, 0.5) is 9.18 Å². The fraction of sp³-hybridized carbons (Fsp3) is 0.200. The number of aryl methyl sites for hydroxylation is 1. The van der Waals surface area contributed by atoms with E-state index in [0.717, 1.165) is 22.4 Å². The predicted octanol–water partition coefficient (Wildman–Crippen LogP) is 6.37. The molecular weight excluding hydrogens is 593 g/mol. The molecule has 1 heterocycles. The lowest BCUT2D eigenvalue weighted by atomic mass is 9.77. The van der Waals surface area contributed by atoms with Crippen molar-refractivity contribution in [3.8, 4) is 0 Å². The molecule has 8 nitrogen and oxygen atoms in total. The first-order valence-corrected chi connectivity index (χ1v) is 16.2. The molecule has 4 aromatic carbocycles. The minimum Gasteiger partial charge on any atom is -0.450 e. The number of carboxylic acid groups (broad SMARTS) is 1. The number of rotatable bonds is 14. The third-order valence-corrected chi connectivity index (χ3v) is 9.03. The summed E-state index contributed by atoms with van der Waals surface area (Å²) in [7, 11) is -3.89. The normalized spacial score (nSPS) is 12.5. The molecule has 10 heteroatoms. The molecule has 0 aliphatic rings. The van der Waals surface area contributed by atoms with E-state index in [0.29, 0.717) is 18.4 Å². The predicted molar refractivity (Wildman–Crippen MR) is 170 cm³/mol. The van der Waals surface area contributed by atoms with Crippen LogP contribution in [0.1, 0.15) is 40.8 Å². The van der Waals surface area contributed by atoms with Crippen LogP contribution in [0.2, 0.25) is 0 Å². The smallest absolute Gasteiger partial charge is 0.450 e. The SMILES string of the molecule is O=C(O)OC(CCCc1cn(C(c2ccccc2)(c2ccccc2)c2ccccc2)cn1)CS(=O)(=O)NCc1ccc(F)cc1. The Kier molecular flexibility index (Phi) is 10.1. The van der Waals surface area contributed by atoms with E-state index in [1.54, 1.807) is 6.33 Å². The first-order chi connectivity index (χ1) is 21.8. The zero-order valence-electron chi connectivity index (χ0n) is 24.5. The quantitative estimate of drug-likeness (QED) is 0.109. The lowest BCUT2D eigenvalue weighted by molar-refractivity contribution is 0.0562. The van der Waals surface area contributed by atoms with Crippen molar-refractivity contribution in [1.29, 1.82) is 0 Å². The van der Waals surface area contributed by atoms with Crippen LogP contribution in [0.5, 0.6) is 0 Å². The van der Waals surface area contributed by atoms with Gasteiger partial charge in [0.25, 0.3) is 0 Å². The number of nitrogens with zero attached hydrogens (tertiary/aromatic N) is 2. The van der Waals surface area contributed by atoms with Crippen LogP contribution < -0.4 is 4.72 Å². The van der Waals surface area contributed by atoms with E-state index >= 15 is 0 Å². The average Bonchev–Trinajstić information content (AvgIpc) is 3.51. The summed E-state index contributed by atoms with van der Waals surface area (Å²) in [6, 6.07) is 36.0. The highest BCUT2D eigenvalue weighted by Gasteiger charge is 2.38. The number of hydrogen-bond acceptors (Lipinski definition) is 5. The second kappa shape index (κ2) is 14.3. The summed E-state index contributed by atoms with van der Waals surface area (Å²) in [4.78, 5) is 16.1. The molecule has 0 amide bonds. The fourth-order valence-electron chi connectivity index (χ4n) is 5.59. The van der Waals surface area contributed by atoms with Crippen molar-refractivity contribution in [3.63, 3.8) is 0 Å². The number of carbonyl (C=O) groups is 1. The Labute approximate surface area is 262 Å². The molecule has 1 unspecified atom stereocenters. The Morgan fingerprint density at radius 1 is 0.867 bits per heavy atom. The van der Waals surface area contributed by atoms with Crippen LogP contribution >= 0.6 is 0 Å². The van der Waals surface area contributed by atoms with Gasteiger partial charge in [0.2, 0.25) is 10.0 Å². The fourth-order valence-corrected chi connectivity index (χ4v) is 6.82. The zero-order valence-corrected chi connectivity index (χ0v) is 25.3. The topological polar surface area (TPSA) is 111 Å². The molecule has 0 saturated carbocycles. The highest BCUT2D eigenvalue weighted by Crippen LogP contribution is 2.40. The zero-order chi connectivity index (χ0) is 31.7. The van der Waals surface area contributed by atoms with Crippen molar-refractivity contribution in [3.05, 3.63) is 162 Å². The highest BCUT2D eigenvalue weighted by atomic mass is 32.2. The van der Waals surface area contributed by atoms with Gasteiger partial charge in [0.15, 0.2) is 0 Å². The van der Waals surface area contributed by atoms with Gasteiger partial charge in [-0.05, 0) is 53.6 Å². The molecule has 0 bridgehead atoms. The number of halogens is 1. The molecule has 45 heavy (non-hydrogen) atoms. The van der Waals surface area contributed by atoms with Crippen LogP contribution in [-0.2, 0) is 33.3 Å². The van der Waals surface area contributed by atoms with Gasteiger partial charge < -0.3 is 14.4 Å². The summed E-state index contributed by atoms with van der Waals surface area (Å²) in [5, 5.41) is 9.26. The Morgan fingerprint density at radius 3 is 1.91 bits per heavy atom. The Balaban J connectivity index is 1.34. The second-order valence-corrected chi connectivity index (χ2v) is 12.6. The third-order valence-electron chi connectivity index (χ3n) is 7.64. The number of hydrogen-bond donors (Lipinski definition) is 2. The van der Waals surface area contributed by atoms with E-state index in [9.17, 15) is 22.7 Å². The van der Waals surface area contributed by atoms with Gasteiger partial charge >= 0.3 is 6.16 Å². The molecule has 5 rings (SSSR count). The van der Waals surface area contributed by atoms with Crippen LogP contribution in [0.3, 0.4) is 0 Å². The van der Waals surface area contributed by atoms with E-state index in [-0.39, 0.29) is 13.0 Å². The molecule has 0 radical (unpaired) electrons. The summed E-state index contributed by atoms with van der Waals surface area (Å²) < 4.78 is 48.1. The van der Waals surface area contributed by atoms with Crippen molar-refractivity contribution in [1.82, 2.24) is 14.3 Å². The maximum atomic E-state index is 13.2. The number of nitrogens with one attached hydrogen (secondary N) is 1. The van der Waals surface area contributed by atoms with E-state index in [1.807, 2.05) is 60.8 Å². The van der Waals surface area contributed by atoms with E-state index in [1.165, 1.54) is 24.3 Å². The minimum absolute atomic E-state index is 0.0498. The van der Waals surface area contributed by atoms with Gasteiger partial charge in [0.1, 0.15) is 23.2 Å². The van der Waals surface area contributed by atoms with Gasteiger partial charge in [-0.3, -0.25) is 0 Å². The van der Waals surface area contributed by atoms with Crippen molar-refractivity contribution in [2.45, 2.75) is 37.5 Å². The van der Waals surface area contributed by atoms with Crippen LogP contribution in [0.25, 0.3) is 0 Å². The van der Waals surface area contributed by atoms with Gasteiger partial charge in [0.05, 0.1) is 12.0 Å². The van der Waals surface area contributed by atoms with Crippen molar-refractivity contribution in [2.75, 3.05) is 5.75 Å². The van der Waals surface area contributed by atoms with Crippen molar-refractivity contribution in [2.24, 2.45) is 0 Å². The molecule has 0 saturated heterocycles. The largest absolute Gasteiger partial charge is 0.506 e. The summed E-state index contributed by atoms with van der Waals surface area (Å²) in [6.07, 6.45) is 2.27. The Bertz CT molecular complexity index is 1690. The first kappa shape index (κ1) is 31.6. The van der Waals surface area contributed by atoms with E-state index < -0.39 is 39.4 Å². The molecule has 0 aliphatic heterocycles. The van der Waals surface area contributed by atoms with Gasteiger partial charge in [-0.2, -0.15) is 0 Å². The number of aromatic nitrogens is 2. The Hall–Kier alpha value is -4.80. The molecule has 0 spiro atoms. The van der Waals surface area contributed by atoms with Crippen LogP contribution in [0, 0.1) is 5.82 Å². The monoisotopic (exact) mass is 627 g/mol. The lowest BCUT2D eigenvalue weighted by Gasteiger charge is -2.37. The molecule has 0 fully saturated rings. The summed E-state index contributed by atoms with van der Waals surface area (Å²) in [6.45, 7) is -0.0498. The standard InChI is InChI=1S/C35H34FN3O5S/c36-31-21-19-27(20-22-31)23-38-45(42,43)25-33(44-34(40)41)18-10-17-32-24-39(26-37-32)35(28-11-4-1-5-12-28,29-13-6-2-7-14-29)30-15-8-3-9-16-30/h1-9,11-16,19-22,24,26,33,38H,10,17-18,23,25H2,(H,40,41). The maximum absolute atomic E-state index is 13.2. The first-order valence-electron chi connectivity index (χ1n) is 14.6. The van der Waals surface area contributed by atoms with Gasteiger partial charge in [-0.25, -0.2) is 27.3 Å². The van der Waals surface area contributed by atoms with Gasteiger partial charge in [-0.1, -0.05) is 103 Å². The molecule has 1 atom stereocenters.